The second-order valence-electron chi connectivity index (χ2n) is 12.8. The van der Waals surface area contributed by atoms with Gasteiger partial charge in [-0.25, -0.2) is 8.78 Å². The molecule has 47 heavy (non-hydrogen) atoms. The lowest BCUT2D eigenvalue weighted by Gasteiger charge is -2.41. The fourth-order valence-corrected chi connectivity index (χ4v) is 9.02. The van der Waals surface area contributed by atoms with Gasteiger partial charge in [-0.05, 0) is 64.4 Å². The van der Waals surface area contributed by atoms with Crippen molar-refractivity contribution in [3.63, 3.8) is 0 Å². The van der Waals surface area contributed by atoms with Crippen molar-refractivity contribution >= 4 is 43.1 Å². The number of nitrogens with two attached hydrogens (primary N) is 1. The Balaban J connectivity index is 0.00000172. The number of nitrogens with zero attached hydrogens (tertiary/aromatic N) is 7. The Bertz CT molecular complexity index is 1900. The average molecular weight is 663 g/mol. The van der Waals surface area contributed by atoms with Gasteiger partial charge in [-0.3, -0.25) is 9.88 Å². The molecule has 3 saturated heterocycles. The number of hydrogen-bond donors (Lipinski definition) is 1. The Kier molecular flexibility index (Phi) is 8.41. The van der Waals surface area contributed by atoms with Crippen molar-refractivity contribution in [3.8, 4) is 23.3 Å². The van der Waals surface area contributed by atoms with E-state index in [-0.39, 0.29) is 80.9 Å². The number of halogens is 2. The van der Waals surface area contributed by atoms with E-state index in [2.05, 4.69) is 39.8 Å². The summed E-state index contributed by atoms with van der Waals surface area (Å²) in [6.07, 6.45) is 4.98. The van der Waals surface area contributed by atoms with E-state index in [0.717, 1.165) is 68.4 Å². The van der Waals surface area contributed by atoms with Gasteiger partial charge >= 0.3 is 6.01 Å². The lowest BCUT2D eigenvalue weighted by Crippen LogP contribution is -2.53. The van der Waals surface area contributed by atoms with E-state index in [1.54, 1.807) is 0 Å². The molecule has 7 heterocycles. The highest BCUT2D eigenvalue weighted by molar-refractivity contribution is 7.23. The third-order valence-corrected chi connectivity index (χ3v) is 11.1. The Morgan fingerprint density at radius 3 is 2.49 bits per heavy atom. The van der Waals surface area contributed by atoms with Crippen LogP contribution in [0.5, 0.6) is 6.01 Å². The minimum atomic E-state index is -0.621. The number of rotatable bonds is 5. The van der Waals surface area contributed by atoms with Gasteiger partial charge < -0.3 is 25.0 Å². The molecule has 0 amide bonds. The third-order valence-electron chi connectivity index (χ3n) is 10.1. The quantitative estimate of drug-likeness (QED) is 0.280. The van der Waals surface area contributed by atoms with Gasteiger partial charge in [0.1, 0.15) is 28.5 Å². The SMILES string of the molecule is CC.CC(Oc1nc(N2C3CCC2CN(C)C3)c2c3c(c(-c4ncc(F)c5sc(N)c(C#N)c45)c(F)c2n1)COC3)C1CCCN1C. The molecule has 4 aromatic rings. The Morgan fingerprint density at radius 1 is 1.09 bits per heavy atom. The normalized spacial score (nSPS) is 23.2. The molecule has 4 aliphatic heterocycles. The Hall–Kier alpha value is -3.70. The summed E-state index contributed by atoms with van der Waals surface area (Å²) in [4.78, 5) is 21.1. The maximum atomic E-state index is 17.3. The number of ether oxygens (including phenoxy) is 2. The van der Waals surface area contributed by atoms with Gasteiger partial charge in [0.25, 0.3) is 0 Å². The summed E-state index contributed by atoms with van der Waals surface area (Å²) in [7, 11) is 4.22. The van der Waals surface area contributed by atoms with Crippen LogP contribution in [-0.2, 0) is 18.0 Å². The Morgan fingerprint density at radius 2 is 1.81 bits per heavy atom. The summed E-state index contributed by atoms with van der Waals surface area (Å²) >= 11 is 0.958. The van der Waals surface area contributed by atoms with Crippen molar-refractivity contribution in [1.29, 1.82) is 5.26 Å². The van der Waals surface area contributed by atoms with Crippen LogP contribution in [0.25, 0.3) is 32.2 Å². The average Bonchev–Trinajstić information content (AvgIpc) is 3.84. The van der Waals surface area contributed by atoms with E-state index in [9.17, 15) is 9.65 Å². The van der Waals surface area contributed by atoms with Gasteiger partial charge in [0, 0.05) is 42.2 Å². The van der Waals surface area contributed by atoms with Gasteiger partial charge in [-0.1, -0.05) is 13.8 Å². The maximum absolute atomic E-state index is 17.3. The number of benzene rings is 1. The zero-order valence-corrected chi connectivity index (χ0v) is 28.3. The van der Waals surface area contributed by atoms with Crippen LogP contribution < -0.4 is 15.4 Å². The molecule has 248 valence electrons. The van der Waals surface area contributed by atoms with Crippen LogP contribution in [0.2, 0.25) is 0 Å². The molecule has 3 aromatic heterocycles. The number of anilines is 2. The second kappa shape index (κ2) is 12.4. The first-order valence-electron chi connectivity index (χ1n) is 16.5. The summed E-state index contributed by atoms with van der Waals surface area (Å²) in [6, 6.07) is 2.86. The largest absolute Gasteiger partial charge is 0.459 e. The molecular formula is C34H40F2N8O2S. The highest BCUT2D eigenvalue weighted by Crippen LogP contribution is 2.48. The number of likely N-dealkylation sites (N-methyl/N-ethyl adjacent to an activating group) is 2. The number of hydrogen-bond acceptors (Lipinski definition) is 11. The topological polar surface area (TPSA) is 117 Å². The highest BCUT2D eigenvalue weighted by atomic mass is 32.1. The molecule has 2 bridgehead atoms. The molecule has 4 atom stereocenters. The number of pyridine rings is 1. The van der Waals surface area contributed by atoms with E-state index >= 15 is 4.39 Å². The van der Waals surface area contributed by atoms with E-state index in [1.165, 1.54) is 0 Å². The first-order chi connectivity index (χ1) is 22.7. The molecule has 10 nitrogen and oxygen atoms in total. The minimum Gasteiger partial charge on any atom is -0.459 e. The van der Waals surface area contributed by atoms with Crippen LogP contribution in [0.15, 0.2) is 6.20 Å². The summed E-state index contributed by atoms with van der Waals surface area (Å²) in [5.41, 5.74) is 8.01. The van der Waals surface area contributed by atoms with Gasteiger partial charge in [0.05, 0.1) is 40.8 Å². The van der Waals surface area contributed by atoms with E-state index in [4.69, 9.17) is 25.2 Å². The lowest BCUT2D eigenvalue weighted by molar-refractivity contribution is 0.112. The zero-order valence-electron chi connectivity index (χ0n) is 27.4. The summed E-state index contributed by atoms with van der Waals surface area (Å²) < 4.78 is 44.8. The first kappa shape index (κ1) is 31.9. The summed E-state index contributed by atoms with van der Waals surface area (Å²) in [5, 5.41) is 10.9. The van der Waals surface area contributed by atoms with Crippen molar-refractivity contribution < 1.29 is 18.3 Å². The molecular weight excluding hydrogens is 622 g/mol. The molecule has 13 heteroatoms. The number of nitrogen functional groups attached to an aromatic ring is 1. The smallest absolute Gasteiger partial charge is 0.319 e. The fraction of sp³-hybridized carbons (Fsp3) is 0.529. The van der Waals surface area contributed by atoms with Crippen molar-refractivity contribution in [1.82, 2.24) is 24.8 Å². The number of piperazine rings is 1. The lowest BCUT2D eigenvalue weighted by atomic mass is 9.93. The van der Waals surface area contributed by atoms with Crippen LogP contribution in [0, 0.1) is 23.0 Å². The molecule has 0 radical (unpaired) electrons. The van der Waals surface area contributed by atoms with Crippen molar-refractivity contribution in [3.05, 3.63) is 34.5 Å². The number of likely N-dealkylation sites (tertiary alicyclic amines) is 2. The van der Waals surface area contributed by atoms with Crippen molar-refractivity contribution in [2.45, 2.75) is 83.9 Å². The summed E-state index contributed by atoms with van der Waals surface area (Å²) in [6.45, 7) is 9.15. The molecule has 4 aliphatic rings. The first-order valence-corrected chi connectivity index (χ1v) is 17.3. The highest BCUT2D eigenvalue weighted by Gasteiger charge is 2.42. The van der Waals surface area contributed by atoms with Crippen LogP contribution in [0.1, 0.15) is 63.1 Å². The van der Waals surface area contributed by atoms with E-state index in [0.29, 0.717) is 16.8 Å². The zero-order chi connectivity index (χ0) is 33.1. The molecule has 0 aliphatic carbocycles. The van der Waals surface area contributed by atoms with Crippen LogP contribution >= 0.6 is 11.3 Å². The predicted molar refractivity (Wildman–Crippen MR) is 180 cm³/mol. The molecule has 8 rings (SSSR count). The van der Waals surface area contributed by atoms with Gasteiger partial charge in [0.2, 0.25) is 0 Å². The number of thiophene rings is 1. The summed E-state index contributed by atoms with van der Waals surface area (Å²) in [5.74, 6) is -0.564. The number of fused-ring (bicyclic) bond motifs is 6. The fourth-order valence-electron chi connectivity index (χ4n) is 8.10. The molecule has 1 aromatic carbocycles. The predicted octanol–water partition coefficient (Wildman–Crippen LogP) is 5.84. The molecule has 3 fully saturated rings. The number of aromatic nitrogens is 3. The molecule has 0 spiro atoms. The Labute approximate surface area is 277 Å². The van der Waals surface area contributed by atoms with Gasteiger partial charge in [-0.2, -0.15) is 15.2 Å². The van der Waals surface area contributed by atoms with Gasteiger partial charge in [0.15, 0.2) is 11.6 Å². The van der Waals surface area contributed by atoms with Crippen molar-refractivity contribution in [2.75, 3.05) is 44.4 Å². The molecule has 4 unspecified atom stereocenters. The molecule has 2 N–H and O–H groups in total. The maximum Gasteiger partial charge on any atom is 0.319 e. The van der Waals surface area contributed by atoms with E-state index < -0.39 is 11.6 Å². The second-order valence-corrected chi connectivity index (χ2v) is 13.9. The van der Waals surface area contributed by atoms with Crippen molar-refractivity contribution in [2.24, 2.45) is 0 Å². The third kappa shape index (κ3) is 5.08. The van der Waals surface area contributed by atoms with Crippen LogP contribution in [0.3, 0.4) is 0 Å². The minimum absolute atomic E-state index is 0.0834. The van der Waals surface area contributed by atoms with Crippen LogP contribution in [0.4, 0.5) is 19.6 Å². The molecule has 0 saturated carbocycles. The number of nitriles is 1. The van der Waals surface area contributed by atoms with Gasteiger partial charge in [-0.15, -0.1) is 11.3 Å². The van der Waals surface area contributed by atoms with Crippen LogP contribution in [-0.4, -0.2) is 82.7 Å². The monoisotopic (exact) mass is 662 g/mol. The van der Waals surface area contributed by atoms with E-state index in [1.807, 2.05) is 20.8 Å². The standard InChI is InChI=1S/C32H34F2N8O2S.C2H6/c1-15(22-5-4-8-41(22)3)44-32-38-28-25(31(39-32)42-16-6-7-17(42)12-40(2)11-16)20-14-43-13-19(20)23(26(28)34)27-24-18(9-35)30(36)45-29(24)21(33)10-37-27;1-2/h10,15-17,22H,4-8,11-14,36H2,1-3H3;1-2H3.